The Labute approximate surface area is 211 Å². The zero-order chi connectivity index (χ0) is 22.8. The van der Waals surface area contributed by atoms with Gasteiger partial charge in [0, 0.05) is 51.4 Å². The average molecular weight is 531 g/mol. The molecule has 0 aliphatic carbocycles. The summed E-state index contributed by atoms with van der Waals surface area (Å²) in [5.41, 5.74) is 2.02. The second-order valence-electron chi connectivity index (χ2n) is 7.54. The molecule has 1 aliphatic rings. The molecule has 12 heteroatoms. The normalized spacial score (nSPS) is 14.2. The van der Waals surface area contributed by atoms with E-state index in [9.17, 15) is 14.9 Å². The van der Waals surface area contributed by atoms with E-state index in [1.54, 1.807) is 11.3 Å². The van der Waals surface area contributed by atoms with Crippen LogP contribution in [0.2, 0.25) is 10.0 Å². The molecule has 1 N–H and O–H groups in total. The van der Waals surface area contributed by atoms with Crippen molar-refractivity contribution >= 4 is 73.9 Å². The molecule has 176 valence electrons. The van der Waals surface area contributed by atoms with Crippen molar-refractivity contribution in [1.82, 2.24) is 15.2 Å². The Bertz CT molecular complexity index is 1140. The number of rotatable bonds is 6. The fourth-order valence-corrected chi connectivity index (χ4v) is 5.18. The number of amides is 1. The van der Waals surface area contributed by atoms with Crippen molar-refractivity contribution in [3.05, 3.63) is 61.6 Å². The lowest BCUT2D eigenvalue weighted by atomic mass is 10.2. The van der Waals surface area contributed by atoms with Gasteiger partial charge in [0.25, 0.3) is 11.6 Å². The maximum absolute atomic E-state index is 12.4. The van der Waals surface area contributed by atoms with Gasteiger partial charge in [-0.2, -0.15) is 0 Å². The van der Waals surface area contributed by atoms with E-state index in [4.69, 9.17) is 28.2 Å². The van der Waals surface area contributed by atoms with Gasteiger partial charge in [-0.05, 0) is 24.6 Å². The molecule has 1 amide bonds. The molecule has 2 heterocycles. The number of nitrogens with one attached hydrogen (secondary N) is 1. The van der Waals surface area contributed by atoms with Crippen LogP contribution in [0.4, 0.5) is 10.8 Å². The largest absolute Gasteiger partial charge is 0.351 e. The Balaban J connectivity index is 0.00000306. The van der Waals surface area contributed by atoms with Gasteiger partial charge in [-0.15, -0.1) is 12.4 Å². The van der Waals surface area contributed by atoms with Crippen LogP contribution in [0.25, 0.3) is 10.2 Å². The number of carbonyl (C=O) groups excluding carboxylic acids is 1. The molecule has 4 rings (SSSR count). The fraction of sp³-hybridized carbons (Fsp3) is 0.333. The number of benzene rings is 2. The first-order valence-electron chi connectivity index (χ1n) is 10.1. The van der Waals surface area contributed by atoms with Crippen LogP contribution in [0.15, 0.2) is 30.3 Å². The first-order chi connectivity index (χ1) is 15.3. The quantitative estimate of drug-likeness (QED) is 0.364. The third-order valence-corrected chi connectivity index (χ3v) is 7.35. The van der Waals surface area contributed by atoms with Crippen molar-refractivity contribution < 1.29 is 9.72 Å². The van der Waals surface area contributed by atoms with Gasteiger partial charge in [-0.3, -0.25) is 19.8 Å². The maximum atomic E-state index is 12.4. The number of piperazine rings is 1. The van der Waals surface area contributed by atoms with E-state index < -0.39 is 10.8 Å². The molecule has 1 fully saturated rings. The number of nitrogens with zero attached hydrogens (tertiary/aromatic N) is 4. The first kappa shape index (κ1) is 25.5. The highest BCUT2D eigenvalue weighted by Gasteiger charge is 2.21. The number of nitro benzene ring substituents is 1. The molecule has 0 saturated carbocycles. The van der Waals surface area contributed by atoms with Gasteiger partial charge in [-0.25, -0.2) is 4.98 Å². The Morgan fingerprint density at radius 3 is 2.55 bits per heavy atom. The number of fused-ring (bicyclic) bond motifs is 1. The van der Waals surface area contributed by atoms with Crippen molar-refractivity contribution in [3.8, 4) is 0 Å². The van der Waals surface area contributed by atoms with E-state index in [0.717, 1.165) is 52.1 Å². The summed E-state index contributed by atoms with van der Waals surface area (Å²) in [5, 5.41) is 15.6. The lowest BCUT2D eigenvalue weighted by Crippen LogP contribution is -2.48. The first-order valence-corrected chi connectivity index (χ1v) is 11.7. The summed E-state index contributed by atoms with van der Waals surface area (Å²) < 4.78 is 1.02. The topological polar surface area (TPSA) is 91.6 Å². The molecule has 0 bridgehead atoms. The number of hydrogen-bond acceptors (Lipinski definition) is 7. The minimum atomic E-state index is -0.548. The number of carbonyl (C=O) groups is 1. The second-order valence-corrected chi connectivity index (χ2v) is 9.34. The molecule has 0 atom stereocenters. The molecule has 1 aromatic heterocycles. The smallest absolute Gasteiger partial charge is 0.270 e. The van der Waals surface area contributed by atoms with Crippen molar-refractivity contribution in [2.24, 2.45) is 0 Å². The van der Waals surface area contributed by atoms with Crippen LogP contribution in [0.1, 0.15) is 15.9 Å². The van der Waals surface area contributed by atoms with Gasteiger partial charge < -0.3 is 10.2 Å². The maximum Gasteiger partial charge on any atom is 0.270 e. The van der Waals surface area contributed by atoms with Crippen LogP contribution in [0.5, 0.6) is 0 Å². The van der Waals surface area contributed by atoms with Gasteiger partial charge in [0.1, 0.15) is 0 Å². The monoisotopic (exact) mass is 529 g/mol. The summed E-state index contributed by atoms with van der Waals surface area (Å²) in [6, 6.07) is 7.74. The van der Waals surface area contributed by atoms with Crippen molar-refractivity contribution in [3.63, 3.8) is 0 Å². The number of nitro groups is 1. The van der Waals surface area contributed by atoms with E-state index in [1.165, 1.54) is 18.2 Å². The average Bonchev–Trinajstić information content (AvgIpc) is 3.24. The number of aromatic nitrogens is 1. The summed E-state index contributed by atoms with van der Waals surface area (Å²) in [6.07, 6.45) is 0. The Kier molecular flexibility index (Phi) is 8.36. The molecule has 0 spiro atoms. The van der Waals surface area contributed by atoms with Gasteiger partial charge >= 0.3 is 0 Å². The Hall–Kier alpha value is -2.17. The van der Waals surface area contributed by atoms with Crippen molar-refractivity contribution in [2.75, 3.05) is 44.2 Å². The zero-order valence-electron chi connectivity index (χ0n) is 17.7. The van der Waals surface area contributed by atoms with Gasteiger partial charge in [-0.1, -0.05) is 40.6 Å². The molecule has 8 nitrogen and oxygen atoms in total. The Morgan fingerprint density at radius 1 is 1.18 bits per heavy atom. The van der Waals surface area contributed by atoms with E-state index in [1.807, 2.05) is 19.1 Å². The summed E-state index contributed by atoms with van der Waals surface area (Å²) in [4.78, 5) is 32.1. The summed E-state index contributed by atoms with van der Waals surface area (Å²) >= 11 is 14.0. The third-order valence-electron chi connectivity index (χ3n) is 5.45. The summed E-state index contributed by atoms with van der Waals surface area (Å²) in [6.45, 7) is 6.49. The lowest BCUT2D eigenvalue weighted by Gasteiger charge is -2.34. The van der Waals surface area contributed by atoms with E-state index >= 15 is 0 Å². The highest BCUT2D eigenvalue weighted by molar-refractivity contribution is 7.22. The zero-order valence-corrected chi connectivity index (χ0v) is 20.9. The van der Waals surface area contributed by atoms with Gasteiger partial charge in [0.2, 0.25) is 0 Å². The van der Waals surface area contributed by atoms with Gasteiger partial charge in [0.05, 0.1) is 30.7 Å². The predicted octanol–water partition coefficient (Wildman–Crippen LogP) is 4.79. The molecule has 2 aromatic carbocycles. The molecular formula is C21H22Cl3N5O3S. The molecule has 0 radical (unpaired) electrons. The number of thiazole rings is 1. The SMILES string of the molecule is Cc1ccc(Cl)c2sc(N3CCN(CCNC(=O)c4cc([N+](=O)[O-])ccc4Cl)CC3)nc12.Cl. The van der Waals surface area contributed by atoms with Crippen LogP contribution in [0.3, 0.4) is 0 Å². The lowest BCUT2D eigenvalue weighted by molar-refractivity contribution is -0.384. The number of non-ortho nitro benzene ring substituents is 1. The number of hydrogen-bond donors (Lipinski definition) is 1. The third kappa shape index (κ3) is 5.67. The highest BCUT2D eigenvalue weighted by atomic mass is 35.5. The Morgan fingerprint density at radius 2 is 1.88 bits per heavy atom. The number of aryl methyl sites for hydroxylation is 1. The molecule has 1 aliphatic heterocycles. The van der Waals surface area contributed by atoms with Crippen LogP contribution in [-0.4, -0.2) is 60.0 Å². The summed E-state index contributed by atoms with van der Waals surface area (Å²) in [7, 11) is 0. The van der Waals surface area contributed by atoms with Gasteiger partial charge in [0.15, 0.2) is 5.13 Å². The van der Waals surface area contributed by atoms with Crippen LogP contribution < -0.4 is 10.2 Å². The van der Waals surface area contributed by atoms with Crippen molar-refractivity contribution in [1.29, 1.82) is 0 Å². The summed E-state index contributed by atoms with van der Waals surface area (Å²) in [5.74, 6) is -0.418. The second kappa shape index (κ2) is 10.8. The number of anilines is 1. The van der Waals surface area contributed by atoms with E-state index in [2.05, 4.69) is 15.1 Å². The highest BCUT2D eigenvalue weighted by Crippen LogP contribution is 2.35. The standard InChI is InChI=1S/C21H21Cl2N5O3S.ClH/c1-13-2-4-17(23)19-18(13)25-21(32-19)27-10-8-26(9-11-27)7-6-24-20(29)15-12-14(28(30)31)3-5-16(15)22;/h2-5,12H,6-11H2,1H3,(H,24,29);1H. The number of halogens is 3. The molecule has 33 heavy (non-hydrogen) atoms. The van der Waals surface area contributed by atoms with Crippen LogP contribution >= 0.6 is 46.9 Å². The van der Waals surface area contributed by atoms with E-state index in [-0.39, 0.29) is 28.7 Å². The minimum Gasteiger partial charge on any atom is -0.351 e. The minimum absolute atomic E-state index is 0. The van der Waals surface area contributed by atoms with Crippen LogP contribution in [0, 0.1) is 17.0 Å². The fourth-order valence-electron chi connectivity index (χ4n) is 3.61. The van der Waals surface area contributed by atoms with E-state index in [0.29, 0.717) is 13.1 Å². The molecule has 3 aromatic rings. The molecule has 1 saturated heterocycles. The van der Waals surface area contributed by atoms with Crippen LogP contribution in [-0.2, 0) is 0 Å². The molecule has 0 unspecified atom stereocenters. The molecular weight excluding hydrogens is 509 g/mol. The predicted molar refractivity (Wildman–Crippen MR) is 136 cm³/mol. The van der Waals surface area contributed by atoms with Crippen molar-refractivity contribution in [2.45, 2.75) is 6.92 Å².